The van der Waals surface area contributed by atoms with E-state index in [4.69, 9.17) is 12.2 Å². The quantitative estimate of drug-likeness (QED) is 0.340. The lowest BCUT2D eigenvalue weighted by Crippen LogP contribution is -2.48. The Morgan fingerprint density at radius 3 is 2.40 bits per heavy atom. The molecule has 30 heavy (non-hydrogen) atoms. The van der Waals surface area contributed by atoms with Crippen LogP contribution in [-0.4, -0.2) is 30.0 Å². The number of hydrogen-bond acceptors (Lipinski definition) is 5. The van der Waals surface area contributed by atoms with Crippen LogP contribution in [0.25, 0.3) is 10.8 Å². The molecule has 0 aliphatic heterocycles. The molecule has 3 rings (SSSR count). The van der Waals surface area contributed by atoms with Crippen LogP contribution in [-0.2, 0) is 16.0 Å². The number of methoxy groups -OCH3 is 1. The first-order valence-electron chi connectivity index (χ1n) is 9.03. The molecule has 0 bridgehead atoms. The van der Waals surface area contributed by atoms with E-state index < -0.39 is 11.9 Å². The number of ether oxygens (including phenoxy) is 1. The monoisotopic (exact) mass is 421 g/mol. The van der Waals surface area contributed by atoms with Crippen LogP contribution in [0.15, 0.2) is 66.7 Å². The van der Waals surface area contributed by atoms with E-state index in [1.165, 1.54) is 25.3 Å². The van der Waals surface area contributed by atoms with Gasteiger partial charge in [0.05, 0.1) is 19.1 Å². The Bertz CT molecular complexity index is 1120. The van der Waals surface area contributed by atoms with Gasteiger partial charge in [0.15, 0.2) is 5.11 Å². The number of hydrazine groups is 1. The first-order chi connectivity index (χ1) is 14.5. The number of thiocarbonyl (C=S) groups is 1. The summed E-state index contributed by atoms with van der Waals surface area (Å²) in [5.41, 5.74) is 6.33. The molecular weight excluding hydrogens is 402 g/mol. The van der Waals surface area contributed by atoms with E-state index in [-0.39, 0.29) is 28.6 Å². The van der Waals surface area contributed by atoms with Crippen molar-refractivity contribution in [3.63, 3.8) is 0 Å². The predicted octanol–water partition coefficient (Wildman–Crippen LogP) is 2.50. The van der Waals surface area contributed by atoms with Gasteiger partial charge in [-0.1, -0.05) is 48.5 Å². The van der Waals surface area contributed by atoms with Gasteiger partial charge in [-0.2, -0.15) is 0 Å². The van der Waals surface area contributed by atoms with Crippen LogP contribution >= 0.6 is 12.2 Å². The highest BCUT2D eigenvalue weighted by atomic mass is 32.1. The fraction of sp³-hybridized carbons (Fsp3) is 0.0909. The summed E-state index contributed by atoms with van der Waals surface area (Å²) in [4.78, 5) is 36.1. The molecule has 7 nitrogen and oxygen atoms in total. The van der Waals surface area contributed by atoms with Crippen LogP contribution in [0.2, 0.25) is 0 Å². The van der Waals surface area contributed by atoms with Gasteiger partial charge in [-0.15, -0.1) is 0 Å². The van der Waals surface area contributed by atoms with Crippen molar-refractivity contribution >= 4 is 45.9 Å². The topological polar surface area (TPSA) is 96.5 Å². The van der Waals surface area contributed by atoms with Crippen molar-refractivity contribution in [2.24, 2.45) is 0 Å². The van der Waals surface area contributed by atoms with Crippen LogP contribution in [0.1, 0.15) is 26.3 Å². The van der Waals surface area contributed by atoms with Gasteiger partial charge in [-0.3, -0.25) is 25.8 Å². The zero-order chi connectivity index (χ0) is 21.5. The second-order valence-corrected chi connectivity index (χ2v) is 6.75. The molecule has 3 aromatic rings. The third-order valence-electron chi connectivity index (χ3n) is 4.32. The third-order valence-corrected chi connectivity index (χ3v) is 4.52. The van der Waals surface area contributed by atoms with Gasteiger partial charge in [-0.25, -0.2) is 4.79 Å². The minimum absolute atomic E-state index is 0.0743. The minimum Gasteiger partial charge on any atom is -0.465 e. The maximum Gasteiger partial charge on any atom is 0.337 e. The smallest absolute Gasteiger partial charge is 0.337 e. The van der Waals surface area contributed by atoms with Crippen LogP contribution in [0.5, 0.6) is 0 Å². The number of benzene rings is 3. The van der Waals surface area contributed by atoms with Crippen molar-refractivity contribution in [3.05, 3.63) is 83.4 Å². The normalized spacial score (nSPS) is 10.2. The molecule has 0 aliphatic rings. The Morgan fingerprint density at radius 2 is 1.60 bits per heavy atom. The molecule has 8 heteroatoms. The van der Waals surface area contributed by atoms with Crippen molar-refractivity contribution in [2.75, 3.05) is 7.11 Å². The highest BCUT2D eigenvalue weighted by Gasteiger charge is 2.12. The van der Waals surface area contributed by atoms with Gasteiger partial charge in [0, 0.05) is 5.56 Å². The molecule has 0 aliphatic carbocycles. The maximum absolute atomic E-state index is 12.3. The van der Waals surface area contributed by atoms with Gasteiger partial charge in [0.25, 0.3) is 5.91 Å². The summed E-state index contributed by atoms with van der Waals surface area (Å²) in [5.74, 6) is -1.39. The Hall–Kier alpha value is -3.78. The lowest BCUT2D eigenvalue weighted by atomic mass is 10.0. The van der Waals surface area contributed by atoms with Crippen molar-refractivity contribution in [1.29, 1.82) is 0 Å². The number of fused-ring (bicyclic) bond motifs is 1. The van der Waals surface area contributed by atoms with E-state index >= 15 is 0 Å². The average Bonchev–Trinajstić information content (AvgIpc) is 2.77. The van der Waals surface area contributed by atoms with E-state index in [9.17, 15) is 14.4 Å². The second kappa shape index (κ2) is 9.62. The number of carbonyl (C=O) groups is 3. The Kier molecular flexibility index (Phi) is 6.71. The SMILES string of the molecule is COC(=O)c1cccc(C(=O)NC(=S)NNC(=O)Cc2cccc3ccccc23)c1. The summed E-state index contributed by atoms with van der Waals surface area (Å²) in [7, 11) is 1.26. The number of rotatable bonds is 4. The van der Waals surface area contributed by atoms with E-state index in [1.807, 2.05) is 42.5 Å². The minimum atomic E-state index is -0.550. The molecule has 0 heterocycles. The van der Waals surface area contributed by atoms with Crippen molar-refractivity contribution < 1.29 is 19.1 Å². The third kappa shape index (κ3) is 5.18. The summed E-state index contributed by atoms with van der Waals surface area (Å²) in [6, 6.07) is 19.6. The predicted molar refractivity (Wildman–Crippen MR) is 117 cm³/mol. The molecule has 0 saturated carbocycles. The van der Waals surface area contributed by atoms with Gasteiger partial charge >= 0.3 is 5.97 Å². The molecule has 3 N–H and O–H groups in total. The zero-order valence-corrected chi connectivity index (χ0v) is 16.9. The van der Waals surface area contributed by atoms with Crippen molar-refractivity contribution in [1.82, 2.24) is 16.2 Å². The number of esters is 1. The van der Waals surface area contributed by atoms with Gasteiger partial charge in [-0.05, 0) is 46.8 Å². The Labute approximate surface area is 178 Å². The maximum atomic E-state index is 12.3. The van der Waals surface area contributed by atoms with E-state index in [1.54, 1.807) is 6.07 Å². The van der Waals surface area contributed by atoms with Crippen LogP contribution in [0.3, 0.4) is 0 Å². The standard InChI is InChI=1S/C22H19N3O4S/c1-29-21(28)17-10-5-9-16(12-17)20(27)23-22(30)25-24-19(26)13-15-8-4-7-14-6-2-3-11-18(14)15/h2-12H,13H2,1H3,(H,24,26)(H2,23,25,27,30). The summed E-state index contributed by atoms with van der Waals surface area (Å²) >= 11 is 5.05. The first-order valence-corrected chi connectivity index (χ1v) is 9.44. The van der Waals surface area contributed by atoms with E-state index in [2.05, 4.69) is 20.9 Å². The number of amides is 2. The van der Waals surface area contributed by atoms with Gasteiger partial charge in [0.2, 0.25) is 5.91 Å². The Balaban J connectivity index is 1.54. The molecule has 2 amide bonds. The molecule has 0 saturated heterocycles. The number of hydrogen-bond donors (Lipinski definition) is 3. The molecule has 152 valence electrons. The fourth-order valence-corrected chi connectivity index (χ4v) is 3.05. The molecule has 0 atom stereocenters. The molecule has 0 aromatic heterocycles. The summed E-state index contributed by atoms with van der Waals surface area (Å²) in [6.45, 7) is 0. The lowest BCUT2D eigenvalue weighted by molar-refractivity contribution is -0.121. The summed E-state index contributed by atoms with van der Waals surface area (Å²) in [6.07, 6.45) is 0.145. The molecule has 0 unspecified atom stereocenters. The molecular formula is C22H19N3O4S. The van der Waals surface area contributed by atoms with E-state index in [0.29, 0.717) is 0 Å². The Morgan fingerprint density at radius 1 is 0.900 bits per heavy atom. The number of carbonyl (C=O) groups excluding carboxylic acids is 3. The van der Waals surface area contributed by atoms with Crippen LogP contribution < -0.4 is 16.2 Å². The second-order valence-electron chi connectivity index (χ2n) is 6.34. The van der Waals surface area contributed by atoms with Crippen molar-refractivity contribution in [2.45, 2.75) is 6.42 Å². The first kappa shape index (κ1) is 20.9. The van der Waals surface area contributed by atoms with E-state index in [0.717, 1.165) is 16.3 Å². The van der Waals surface area contributed by atoms with Crippen LogP contribution in [0.4, 0.5) is 0 Å². The molecule has 0 fully saturated rings. The summed E-state index contributed by atoms with van der Waals surface area (Å²) < 4.78 is 4.64. The molecule has 3 aromatic carbocycles. The number of nitrogens with one attached hydrogen (secondary N) is 3. The van der Waals surface area contributed by atoms with Gasteiger partial charge < -0.3 is 4.74 Å². The highest BCUT2D eigenvalue weighted by molar-refractivity contribution is 7.80. The zero-order valence-electron chi connectivity index (χ0n) is 16.1. The van der Waals surface area contributed by atoms with Crippen LogP contribution in [0, 0.1) is 0 Å². The van der Waals surface area contributed by atoms with Gasteiger partial charge in [0.1, 0.15) is 0 Å². The highest BCUT2D eigenvalue weighted by Crippen LogP contribution is 2.18. The van der Waals surface area contributed by atoms with Crippen molar-refractivity contribution in [3.8, 4) is 0 Å². The fourth-order valence-electron chi connectivity index (χ4n) is 2.90. The molecule has 0 radical (unpaired) electrons. The lowest BCUT2D eigenvalue weighted by Gasteiger charge is -2.12. The molecule has 0 spiro atoms. The average molecular weight is 421 g/mol. The summed E-state index contributed by atoms with van der Waals surface area (Å²) in [5, 5.41) is 4.42. The largest absolute Gasteiger partial charge is 0.465 e.